The summed E-state index contributed by atoms with van der Waals surface area (Å²) < 4.78 is 29.5. The molecule has 0 spiro atoms. The molecule has 4 rings (SSSR count). The Labute approximate surface area is 189 Å². The number of nitrogens with zero attached hydrogens (tertiary/aromatic N) is 3. The van der Waals surface area contributed by atoms with Crippen molar-refractivity contribution in [2.24, 2.45) is 5.41 Å². The highest BCUT2D eigenvalue weighted by Crippen LogP contribution is 2.45. The topological polar surface area (TPSA) is 74.0 Å². The van der Waals surface area contributed by atoms with Gasteiger partial charge in [0.1, 0.15) is 0 Å². The van der Waals surface area contributed by atoms with Gasteiger partial charge in [-0.25, -0.2) is 13.1 Å². The predicted octanol–water partition coefficient (Wildman–Crippen LogP) is 4.77. The first-order valence-electron chi connectivity index (χ1n) is 11.4. The van der Waals surface area contributed by atoms with Gasteiger partial charge in [-0.1, -0.05) is 26.3 Å². The number of aryl methyl sites for hydroxylation is 2. The Balaban J connectivity index is 1.60. The number of pyridine rings is 1. The standard InChI is InChI=1S/C25H31N3O3S/c1-4-13-27-17-21(7-10-24(27)29)28-16-20(15-26-28)23-9-8-22(14-19(23)3)32(30,31)18-25(5-2)11-6-12-25/h7-10,14-17H,4-6,11-13,18H2,1-3H3. The predicted molar refractivity (Wildman–Crippen MR) is 127 cm³/mol. The van der Waals surface area contributed by atoms with Crippen molar-refractivity contribution in [1.29, 1.82) is 0 Å². The van der Waals surface area contributed by atoms with Gasteiger partial charge in [-0.15, -0.1) is 0 Å². The second-order valence-corrected chi connectivity index (χ2v) is 11.0. The third kappa shape index (κ3) is 4.31. The third-order valence-corrected chi connectivity index (χ3v) is 8.77. The largest absolute Gasteiger partial charge is 0.313 e. The molecular formula is C25H31N3O3S. The van der Waals surface area contributed by atoms with E-state index < -0.39 is 9.84 Å². The molecule has 32 heavy (non-hydrogen) atoms. The van der Waals surface area contributed by atoms with Crippen molar-refractivity contribution in [1.82, 2.24) is 14.3 Å². The van der Waals surface area contributed by atoms with Crippen molar-refractivity contribution < 1.29 is 8.42 Å². The summed E-state index contributed by atoms with van der Waals surface area (Å²) in [4.78, 5) is 12.4. The van der Waals surface area contributed by atoms with E-state index in [0.29, 0.717) is 11.4 Å². The summed E-state index contributed by atoms with van der Waals surface area (Å²) in [5.41, 5.74) is 3.50. The van der Waals surface area contributed by atoms with Crippen LogP contribution >= 0.6 is 0 Å². The van der Waals surface area contributed by atoms with Crippen LogP contribution in [0, 0.1) is 12.3 Å². The minimum absolute atomic E-state index is 0.0256. The summed E-state index contributed by atoms with van der Waals surface area (Å²) in [7, 11) is -3.32. The monoisotopic (exact) mass is 453 g/mol. The van der Waals surface area contributed by atoms with E-state index in [1.807, 2.05) is 32.3 Å². The van der Waals surface area contributed by atoms with Gasteiger partial charge >= 0.3 is 0 Å². The van der Waals surface area contributed by atoms with E-state index in [0.717, 1.165) is 54.5 Å². The molecule has 0 bridgehead atoms. The zero-order valence-corrected chi connectivity index (χ0v) is 19.9. The number of benzene rings is 1. The molecule has 0 saturated heterocycles. The van der Waals surface area contributed by atoms with E-state index in [4.69, 9.17) is 0 Å². The smallest absolute Gasteiger partial charge is 0.250 e. The molecule has 1 fully saturated rings. The molecule has 1 saturated carbocycles. The molecule has 7 heteroatoms. The molecule has 0 atom stereocenters. The second-order valence-electron chi connectivity index (χ2n) is 9.04. The lowest BCUT2D eigenvalue weighted by atomic mass is 9.68. The maximum Gasteiger partial charge on any atom is 0.250 e. The van der Waals surface area contributed by atoms with Crippen LogP contribution in [0.4, 0.5) is 0 Å². The van der Waals surface area contributed by atoms with Crippen molar-refractivity contribution in [3.63, 3.8) is 0 Å². The van der Waals surface area contributed by atoms with Crippen LogP contribution in [-0.2, 0) is 16.4 Å². The highest BCUT2D eigenvalue weighted by atomic mass is 32.2. The fourth-order valence-corrected chi connectivity index (χ4v) is 6.69. The maximum absolute atomic E-state index is 13.1. The normalized spacial score (nSPS) is 15.5. The van der Waals surface area contributed by atoms with Crippen molar-refractivity contribution in [3.8, 4) is 16.8 Å². The number of hydrogen-bond acceptors (Lipinski definition) is 4. The summed E-state index contributed by atoms with van der Waals surface area (Å²) in [6.07, 6.45) is 10.4. The van der Waals surface area contributed by atoms with E-state index in [-0.39, 0.29) is 16.7 Å². The molecule has 1 aliphatic carbocycles. The molecule has 0 amide bonds. The van der Waals surface area contributed by atoms with Crippen LogP contribution in [0.2, 0.25) is 0 Å². The van der Waals surface area contributed by atoms with Crippen molar-refractivity contribution in [2.75, 3.05) is 5.75 Å². The fraction of sp³-hybridized carbons (Fsp3) is 0.440. The van der Waals surface area contributed by atoms with E-state index in [9.17, 15) is 13.2 Å². The molecule has 6 nitrogen and oxygen atoms in total. The quantitative estimate of drug-likeness (QED) is 0.492. The highest BCUT2D eigenvalue weighted by Gasteiger charge is 2.39. The van der Waals surface area contributed by atoms with Crippen molar-refractivity contribution in [2.45, 2.75) is 64.3 Å². The van der Waals surface area contributed by atoms with Crippen LogP contribution in [0.5, 0.6) is 0 Å². The van der Waals surface area contributed by atoms with Gasteiger partial charge in [0.25, 0.3) is 5.56 Å². The van der Waals surface area contributed by atoms with Gasteiger partial charge in [-0.2, -0.15) is 5.10 Å². The first-order chi connectivity index (χ1) is 15.3. The second kappa shape index (κ2) is 8.70. The zero-order chi connectivity index (χ0) is 22.9. The number of rotatable bonds is 8. The summed E-state index contributed by atoms with van der Waals surface area (Å²) in [6.45, 7) is 6.72. The van der Waals surface area contributed by atoms with E-state index >= 15 is 0 Å². The molecule has 0 unspecified atom stereocenters. The van der Waals surface area contributed by atoms with Crippen LogP contribution in [0.1, 0.15) is 51.5 Å². The lowest BCUT2D eigenvalue weighted by molar-refractivity contribution is 0.158. The SMILES string of the molecule is CCCn1cc(-n2cc(-c3ccc(S(=O)(=O)CC4(CC)CCC4)cc3C)cn2)ccc1=O. The molecule has 2 aromatic heterocycles. The summed E-state index contributed by atoms with van der Waals surface area (Å²) in [5.74, 6) is 0.237. The van der Waals surface area contributed by atoms with E-state index in [1.165, 1.54) is 0 Å². The molecule has 0 aliphatic heterocycles. The van der Waals surface area contributed by atoms with E-state index in [2.05, 4.69) is 12.0 Å². The average Bonchev–Trinajstić information content (AvgIpc) is 3.22. The van der Waals surface area contributed by atoms with Crippen LogP contribution in [-0.4, -0.2) is 28.5 Å². The Morgan fingerprint density at radius 1 is 1.09 bits per heavy atom. The lowest BCUT2D eigenvalue weighted by Crippen LogP contribution is -2.36. The summed E-state index contributed by atoms with van der Waals surface area (Å²) in [5, 5.41) is 4.47. The minimum Gasteiger partial charge on any atom is -0.313 e. The summed E-state index contributed by atoms with van der Waals surface area (Å²) >= 11 is 0. The van der Waals surface area contributed by atoms with Crippen LogP contribution in [0.3, 0.4) is 0 Å². The van der Waals surface area contributed by atoms with Crippen molar-refractivity contribution in [3.05, 3.63) is 64.8 Å². The van der Waals surface area contributed by atoms with Crippen LogP contribution in [0.15, 0.2) is 58.6 Å². The number of hydrogen-bond donors (Lipinski definition) is 0. The van der Waals surface area contributed by atoms with Gasteiger partial charge in [0, 0.05) is 30.6 Å². The maximum atomic E-state index is 13.1. The van der Waals surface area contributed by atoms with Gasteiger partial charge < -0.3 is 4.57 Å². The average molecular weight is 454 g/mol. The molecule has 1 aromatic carbocycles. The third-order valence-electron chi connectivity index (χ3n) is 6.81. The molecular weight excluding hydrogens is 422 g/mol. The molecule has 2 heterocycles. The summed E-state index contributed by atoms with van der Waals surface area (Å²) in [6, 6.07) is 8.70. The van der Waals surface area contributed by atoms with Crippen molar-refractivity contribution >= 4 is 9.84 Å². The van der Waals surface area contributed by atoms with Gasteiger partial charge in [0.05, 0.1) is 22.5 Å². The van der Waals surface area contributed by atoms with Gasteiger partial charge in [-0.05, 0) is 67.3 Å². The molecule has 0 N–H and O–H groups in total. The molecule has 0 radical (unpaired) electrons. The zero-order valence-electron chi connectivity index (χ0n) is 19.0. The van der Waals surface area contributed by atoms with Crippen LogP contribution < -0.4 is 5.56 Å². The minimum atomic E-state index is -3.32. The Hall–Kier alpha value is -2.67. The lowest BCUT2D eigenvalue weighted by Gasteiger charge is -2.40. The first-order valence-corrected chi connectivity index (χ1v) is 13.0. The number of sulfone groups is 1. The first kappa shape index (κ1) is 22.5. The number of aromatic nitrogens is 3. The Kier molecular flexibility index (Phi) is 6.12. The van der Waals surface area contributed by atoms with Gasteiger partial charge in [-0.3, -0.25) is 4.79 Å². The molecule has 3 aromatic rings. The highest BCUT2D eigenvalue weighted by molar-refractivity contribution is 7.91. The fourth-order valence-electron chi connectivity index (χ4n) is 4.59. The Morgan fingerprint density at radius 2 is 1.88 bits per heavy atom. The molecule has 1 aliphatic rings. The van der Waals surface area contributed by atoms with Gasteiger partial charge in [0.2, 0.25) is 0 Å². The molecule has 170 valence electrons. The Bertz CT molecular complexity index is 1280. The van der Waals surface area contributed by atoms with Gasteiger partial charge in [0.15, 0.2) is 9.84 Å². The van der Waals surface area contributed by atoms with E-state index in [1.54, 1.807) is 39.7 Å². The van der Waals surface area contributed by atoms with Crippen LogP contribution in [0.25, 0.3) is 16.8 Å². The Morgan fingerprint density at radius 3 is 2.50 bits per heavy atom.